The number of carbonyl (C=O) groups is 1. The lowest BCUT2D eigenvalue weighted by Gasteiger charge is -2.12. The summed E-state index contributed by atoms with van der Waals surface area (Å²) in [5.41, 5.74) is 8.32. The maximum Gasteiger partial charge on any atom is 0.338 e. The molecule has 2 aromatic rings. The number of hydrogen-bond donors (Lipinski definition) is 2. The van der Waals surface area contributed by atoms with Crippen molar-refractivity contribution >= 4 is 34.6 Å². The molecular weight excluding hydrogens is 316 g/mol. The number of methoxy groups -OCH3 is 1. The Morgan fingerprint density at radius 3 is 2.65 bits per heavy atom. The van der Waals surface area contributed by atoms with Gasteiger partial charge in [0.1, 0.15) is 5.75 Å². The molecule has 0 radical (unpaired) electrons. The summed E-state index contributed by atoms with van der Waals surface area (Å²) in [4.78, 5) is 11.8. The minimum Gasteiger partial charge on any atom is -0.495 e. The Kier molecular flexibility index (Phi) is 5.71. The zero-order chi connectivity index (χ0) is 16.8. The molecule has 3 N–H and O–H groups in total. The average molecular weight is 335 g/mol. The zero-order valence-corrected chi connectivity index (χ0v) is 13.8. The van der Waals surface area contributed by atoms with Gasteiger partial charge in [-0.2, -0.15) is 0 Å². The van der Waals surface area contributed by atoms with Crippen molar-refractivity contribution in [2.24, 2.45) is 0 Å². The Hall–Kier alpha value is -2.40. The maximum absolute atomic E-state index is 11.8. The van der Waals surface area contributed by atoms with Crippen molar-refractivity contribution in [3.63, 3.8) is 0 Å². The largest absolute Gasteiger partial charge is 0.495 e. The minimum absolute atomic E-state index is 0.377. The number of benzene rings is 2. The van der Waals surface area contributed by atoms with Crippen LogP contribution in [0.3, 0.4) is 0 Å². The second kappa shape index (κ2) is 7.74. The van der Waals surface area contributed by atoms with Crippen molar-refractivity contribution < 1.29 is 14.3 Å². The molecule has 0 atom stereocenters. The van der Waals surface area contributed by atoms with Crippen LogP contribution in [0.4, 0.5) is 17.1 Å². The van der Waals surface area contributed by atoms with Crippen LogP contribution in [0, 0.1) is 0 Å². The standard InChI is InChI=1S/C17H19ClN2O3/c1-3-8-23-17(21)11-4-6-15(14(19)9-11)20-12-5-7-16(22-2)13(18)10-12/h4-7,9-10,20H,3,8,19H2,1-2H3. The van der Waals surface area contributed by atoms with Crippen LogP contribution in [0.1, 0.15) is 23.7 Å². The second-order valence-electron chi connectivity index (χ2n) is 4.91. The van der Waals surface area contributed by atoms with Crippen LogP contribution in [-0.2, 0) is 4.74 Å². The van der Waals surface area contributed by atoms with Crippen molar-refractivity contribution in [1.29, 1.82) is 0 Å². The van der Waals surface area contributed by atoms with Crippen molar-refractivity contribution in [3.05, 3.63) is 47.0 Å². The summed E-state index contributed by atoms with van der Waals surface area (Å²) in [6.07, 6.45) is 0.777. The van der Waals surface area contributed by atoms with Crippen LogP contribution in [0.25, 0.3) is 0 Å². The highest BCUT2D eigenvalue weighted by Crippen LogP contribution is 2.30. The van der Waals surface area contributed by atoms with Crippen LogP contribution in [0.15, 0.2) is 36.4 Å². The monoisotopic (exact) mass is 334 g/mol. The second-order valence-corrected chi connectivity index (χ2v) is 5.32. The number of esters is 1. The van der Waals surface area contributed by atoms with Gasteiger partial charge in [-0.25, -0.2) is 4.79 Å². The molecule has 0 fully saturated rings. The number of nitrogens with two attached hydrogens (primary N) is 1. The normalized spacial score (nSPS) is 10.2. The quantitative estimate of drug-likeness (QED) is 0.610. The molecule has 0 heterocycles. The van der Waals surface area contributed by atoms with E-state index in [2.05, 4.69) is 5.32 Å². The van der Waals surface area contributed by atoms with E-state index in [1.807, 2.05) is 13.0 Å². The summed E-state index contributed by atoms with van der Waals surface area (Å²) < 4.78 is 10.2. The van der Waals surface area contributed by atoms with Crippen LogP contribution in [-0.4, -0.2) is 19.7 Å². The fourth-order valence-corrected chi connectivity index (χ4v) is 2.24. The molecule has 122 valence electrons. The molecule has 0 aliphatic rings. The predicted molar refractivity (Wildman–Crippen MR) is 92.7 cm³/mol. The molecule has 0 amide bonds. The lowest BCUT2D eigenvalue weighted by atomic mass is 10.1. The summed E-state index contributed by atoms with van der Waals surface area (Å²) >= 11 is 6.09. The summed E-state index contributed by atoms with van der Waals surface area (Å²) in [7, 11) is 1.56. The van der Waals surface area contributed by atoms with Crippen molar-refractivity contribution in [2.75, 3.05) is 24.8 Å². The molecule has 0 unspecified atom stereocenters. The molecule has 5 nitrogen and oxygen atoms in total. The molecule has 0 aliphatic carbocycles. The molecule has 0 saturated carbocycles. The first-order chi connectivity index (χ1) is 11.0. The van der Waals surface area contributed by atoms with Gasteiger partial charge in [0.15, 0.2) is 0 Å². The number of halogens is 1. The van der Waals surface area contributed by atoms with Gasteiger partial charge in [-0.1, -0.05) is 18.5 Å². The molecule has 2 rings (SSSR count). The first kappa shape index (κ1) is 17.0. The zero-order valence-electron chi connectivity index (χ0n) is 13.1. The van der Waals surface area contributed by atoms with E-state index in [1.54, 1.807) is 37.4 Å². The van der Waals surface area contributed by atoms with Crippen LogP contribution in [0.5, 0.6) is 5.75 Å². The number of carbonyl (C=O) groups excluding carboxylic acids is 1. The Balaban J connectivity index is 2.15. The van der Waals surface area contributed by atoms with Crippen LogP contribution in [0.2, 0.25) is 5.02 Å². The van der Waals surface area contributed by atoms with Gasteiger partial charge in [-0.15, -0.1) is 0 Å². The number of rotatable bonds is 6. The van der Waals surface area contributed by atoms with Gasteiger partial charge in [-0.3, -0.25) is 0 Å². The lowest BCUT2D eigenvalue weighted by Crippen LogP contribution is -2.07. The highest BCUT2D eigenvalue weighted by molar-refractivity contribution is 6.32. The molecule has 0 aromatic heterocycles. The summed E-state index contributed by atoms with van der Waals surface area (Å²) in [5, 5.41) is 3.65. The fourth-order valence-electron chi connectivity index (χ4n) is 1.98. The Labute approximate surface area is 140 Å². The molecular formula is C17H19ClN2O3. The SMILES string of the molecule is CCCOC(=O)c1ccc(Nc2ccc(OC)c(Cl)c2)c(N)c1. The van der Waals surface area contributed by atoms with E-state index < -0.39 is 0 Å². The summed E-state index contributed by atoms with van der Waals surface area (Å²) in [6, 6.07) is 10.3. The Bertz CT molecular complexity index is 704. The van der Waals surface area contributed by atoms with Crippen LogP contribution < -0.4 is 15.8 Å². The number of ether oxygens (including phenoxy) is 2. The molecule has 2 aromatic carbocycles. The van der Waals surface area contributed by atoms with Crippen molar-refractivity contribution in [1.82, 2.24) is 0 Å². The average Bonchev–Trinajstić information content (AvgIpc) is 2.54. The molecule has 0 saturated heterocycles. The van der Waals surface area contributed by atoms with E-state index in [-0.39, 0.29) is 5.97 Å². The Morgan fingerprint density at radius 2 is 2.04 bits per heavy atom. The van der Waals surface area contributed by atoms with Crippen molar-refractivity contribution in [2.45, 2.75) is 13.3 Å². The van der Waals surface area contributed by atoms with Crippen LogP contribution >= 0.6 is 11.6 Å². The van der Waals surface area contributed by atoms with E-state index in [0.717, 1.165) is 12.1 Å². The van der Waals surface area contributed by atoms with Gasteiger partial charge < -0.3 is 20.5 Å². The predicted octanol–water partition coefficient (Wildman–Crippen LogP) is 4.24. The van der Waals surface area contributed by atoms with E-state index in [0.29, 0.717) is 34.3 Å². The van der Waals surface area contributed by atoms with E-state index >= 15 is 0 Å². The minimum atomic E-state index is -0.377. The van der Waals surface area contributed by atoms with Gasteiger partial charge >= 0.3 is 5.97 Å². The van der Waals surface area contributed by atoms with E-state index in [1.165, 1.54) is 0 Å². The van der Waals surface area contributed by atoms with Gasteiger partial charge in [0.25, 0.3) is 0 Å². The third-order valence-electron chi connectivity index (χ3n) is 3.16. The smallest absolute Gasteiger partial charge is 0.338 e. The third-order valence-corrected chi connectivity index (χ3v) is 3.45. The highest BCUT2D eigenvalue weighted by atomic mass is 35.5. The summed E-state index contributed by atoms with van der Waals surface area (Å²) in [5.74, 6) is 0.219. The number of nitrogens with one attached hydrogen (secondary N) is 1. The lowest BCUT2D eigenvalue weighted by molar-refractivity contribution is 0.0505. The summed E-state index contributed by atoms with van der Waals surface area (Å²) in [6.45, 7) is 2.33. The Morgan fingerprint density at radius 1 is 1.26 bits per heavy atom. The van der Waals surface area contributed by atoms with Gasteiger partial charge in [0.05, 0.1) is 35.7 Å². The first-order valence-electron chi connectivity index (χ1n) is 7.22. The molecule has 23 heavy (non-hydrogen) atoms. The molecule has 0 aliphatic heterocycles. The van der Waals surface area contributed by atoms with Gasteiger partial charge in [-0.05, 0) is 42.8 Å². The van der Waals surface area contributed by atoms with Gasteiger partial charge in [0, 0.05) is 5.69 Å². The number of hydrogen-bond acceptors (Lipinski definition) is 5. The van der Waals surface area contributed by atoms with Crippen molar-refractivity contribution in [3.8, 4) is 5.75 Å². The fraction of sp³-hybridized carbons (Fsp3) is 0.235. The first-order valence-corrected chi connectivity index (χ1v) is 7.60. The number of nitrogen functional groups attached to an aromatic ring is 1. The third kappa shape index (κ3) is 4.29. The van der Waals surface area contributed by atoms with Gasteiger partial charge in [0.2, 0.25) is 0 Å². The molecule has 6 heteroatoms. The topological polar surface area (TPSA) is 73.6 Å². The number of anilines is 3. The van der Waals surface area contributed by atoms with E-state index in [9.17, 15) is 4.79 Å². The highest BCUT2D eigenvalue weighted by Gasteiger charge is 2.10. The molecule has 0 bridgehead atoms. The molecule has 0 spiro atoms. The van der Waals surface area contributed by atoms with E-state index in [4.69, 9.17) is 26.8 Å². The maximum atomic E-state index is 11.8.